The van der Waals surface area contributed by atoms with E-state index in [9.17, 15) is 17.2 Å². The molecular weight excluding hydrogens is 308 g/mol. The van der Waals surface area contributed by atoms with Crippen molar-refractivity contribution in [1.82, 2.24) is 4.72 Å². The first-order chi connectivity index (χ1) is 10.5. The highest BCUT2D eigenvalue weighted by molar-refractivity contribution is 7.88. The third-order valence-electron chi connectivity index (χ3n) is 2.72. The van der Waals surface area contributed by atoms with Gasteiger partial charge in [-0.05, 0) is 29.8 Å². The van der Waals surface area contributed by atoms with Gasteiger partial charge in [0, 0.05) is 0 Å². The van der Waals surface area contributed by atoms with Crippen LogP contribution in [0.1, 0.15) is 11.1 Å². The van der Waals surface area contributed by atoms with Crippen molar-refractivity contribution < 1.29 is 17.2 Å². The molecule has 2 aromatic carbocycles. The van der Waals surface area contributed by atoms with Crippen molar-refractivity contribution in [3.05, 3.63) is 71.3 Å². The van der Waals surface area contributed by atoms with Crippen LogP contribution in [-0.4, -0.2) is 15.0 Å². The lowest BCUT2D eigenvalue weighted by Crippen LogP contribution is -2.25. The Morgan fingerprint density at radius 1 is 1.05 bits per heavy atom. The molecule has 6 heteroatoms. The summed E-state index contributed by atoms with van der Waals surface area (Å²) in [6.45, 7) is -0.147. The van der Waals surface area contributed by atoms with Crippen LogP contribution < -0.4 is 4.72 Å². The van der Waals surface area contributed by atoms with Gasteiger partial charge < -0.3 is 0 Å². The summed E-state index contributed by atoms with van der Waals surface area (Å²) in [5, 5.41) is 0. The molecule has 0 saturated heterocycles. The Kier molecular flexibility index (Phi) is 5.26. The summed E-state index contributed by atoms with van der Waals surface area (Å²) in [4.78, 5) is 0. The molecular formula is C16H13F2NO2S. The van der Waals surface area contributed by atoms with Gasteiger partial charge in [0.2, 0.25) is 10.0 Å². The van der Waals surface area contributed by atoms with E-state index in [0.29, 0.717) is 5.56 Å². The summed E-state index contributed by atoms with van der Waals surface area (Å²) in [7, 11) is -3.63. The van der Waals surface area contributed by atoms with Gasteiger partial charge in [-0.3, -0.25) is 0 Å². The lowest BCUT2D eigenvalue weighted by molar-refractivity contribution is 0.584. The third kappa shape index (κ3) is 4.95. The third-order valence-corrected chi connectivity index (χ3v) is 4.02. The first-order valence-electron chi connectivity index (χ1n) is 6.41. The van der Waals surface area contributed by atoms with Crippen LogP contribution in [0.2, 0.25) is 0 Å². The second-order valence-electron chi connectivity index (χ2n) is 4.49. The SMILES string of the molecule is O=S(=O)(Cc1cccc(F)c1)NCC#Cc1ccccc1F. The number of sulfonamides is 1. The monoisotopic (exact) mass is 321 g/mol. The second kappa shape index (κ2) is 7.16. The summed E-state index contributed by atoms with van der Waals surface area (Å²) < 4.78 is 52.2. The number of hydrogen-bond donors (Lipinski definition) is 1. The molecule has 1 N–H and O–H groups in total. The van der Waals surface area contributed by atoms with Gasteiger partial charge in [-0.15, -0.1) is 0 Å². The van der Waals surface area contributed by atoms with Gasteiger partial charge >= 0.3 is 0 Å². The van der Waals surface area contributed by atoms with Crippen molar-refractivity contribution in [2.24, 2.45) is 0 Å². The molecule has 0 fully saturated rings. The van der Waals surface area contributed by atoms with Crippen LogP contribution in [0.3, 0.4) is 0 Å². The Labute approximate surface area is 128 Å². The minimum Gasteiger partial charge on any atom is -0.212 e. The van der Waals surface area contributed by atoms with Crippen LogP contribution in [0.4, 0.5) is 8.78 Å². The largest absolute Gasteiger partial charge is 0.216 e. The summed E-state index contributed by atoms with van der Waals surface area (Å²) in [6, 6.07) is 11.3. The van der Waals surface area contributed by atoms with Crippen molar-refractivity contribution in [3.8, 4) is 11.8 Å². The summed E-state index contributed by atoms with van der Waals surface area (Å²) in [5.74, 6) is 3.79. The minimum atomic E-state index is -3.63. The van der Waals surface area contributed by atoms with Crippen molar-refractivity contribution >= 4 is 10.0 Å². The Bertz CT molecular complexity index is 823. The van der Waals surface area contributed by atoms with Crippen LogP contribution in [0, 0.1) is 23.5 Å². The van der Waals surface area contributed by atoms with Gasteiger partial charge in [0.05, 0.1) is 17.9 Å². The molecule has 0 spiro atoms. The van der Waals surface area contributed by atoms with E-state index in [4.69, 9.17) is 0 Å². The van der Waals surface area contributed by atoms with E-state index in [-0.39, 0.29) is 17.9 Å². The average molecular weight is 321 g/mol. The molecule has 0 bridgehead atoms. The zero-order valence-corrected chi connectivity index (χ0v) is 12.3. The Hall–Kier alpha value is -2.23. The van der Waals surface area contributed by atoms with Crippen LogP contribution in [0.5, 0.6) is 0 Å². The highest BCUT2D eigenvalue weighted by Crippen LogP contribution is 2.07. The summed E-state index contributed by atoms with van der Waals surface area (Å²) in [6.07, 6.45) is 0. The van der Waals surface area contributed by atoms with Crippen molar-refractivity contribution in [2.45, 2.75) is 5.75 Å². The topological polar surface area (TPSA) is 46.2 Å². The van der Waals surface area contributed by atoms with Crippen LogP contribution >= 0.6 is 0 Å². The molecule has 0 unspecified atom stereocenters. The van der Waals surface area contributed by atoms with Crippen LogP contribution in [0.15, 0.2) is 48.5 Å². The molecule has 2 aromatic rings. The van der Waals surface area contributed by atoms with E-state index < -0.39 is 21.7 Å². The van der Waals surface area contributed by atoms with E-state index in [2.05, 4.69) is 16.6 Å². The number of benzene rings is 2. The van der Waals surface area contributed by atoms with E-state index >= 15 is 0 Å². The number of nitrogens with one attached hydrogen (secondary N) is 1. The molecule has 114 valence electrons. The van der Waals surface area contributed by atoms with Crippen LogP contribution in [-0.2, 0) is 15.8 Å². The number of rotatable bonds is 4. The molecule has 0 aliphatic carbocycles. The fraction of sp³-hybridized carbons (Fsp3) is 0.125. The zero-order valence-electron chi connectivity index (χ0n) is 11.5. The van der Waals surface area contributed by atoms with E-state index in [1.165, 1.54) is 30.3 Å². The summed E-state index contributed by atoms with van der Waals surface area (Å²) >= 11 is 0. The molecule has 22 heavy (non-hydrogen) atoms. The van der Waals surface area contributed by atoms with Gasteiger partial charge in [-0.1, -0.05) is 36.1 Å². The van der Waals surface area contributed by atoms with Crippen LogP contribution in [0.25, 0.3) is 0 Å². The molecule has 2 rings (SSSR count). The van der Waals surface area contributed by atoms with E-state index in [1.807, 2.05) is 0 Å². The number of halogens is 2. The highest BCUT2D eigenvalue weighted by Gasteiger charge is 2.10. The van der Waals surface area contributed by atoms with E-state index in [0.717, 1.165) is 6.07 Å². The predicted octanol–water partition coefficient (Wildman–Crippen LogP) is 2.44. The quantitative estimate of drug-likeness (QED) is 0.879. The van der Waals surface area contributed by atoms with Gasteiger partial charge in [0.15, 0.2) is 0 Å². The first kappa shape index (κ1) is 16.1. The first-order valence-corrected chi connectivity index (χ1v) is 8.07. The van der Waals surface area contributed by atoms with Crippen molar-refractivity contribution in [3.63, 3.8) is 0 Å². The summed E-state index contributed by atoms with van der Waals surface area (Å²) in [5.41, 5.74) is 0.543. The van der Waals surface area contributed by atoms with Crippen molar-refractivity contribution in [1.29, 1.82) is 0 Å². The molecule has 0 amide bonds. The molecule has 0 radical (unpaired) electrons. The predicted molar refractivity (Wildman–Crippen MR) is 80.3 cm³/mol. The van der Waals surface area contributed by atoms with Gasteiger partial charge in [-0.25, -0.2) is 21.9 Å². The van der Waals surface area contributed by atoms with Crippen molar-refractivity contribution in [2.75, 3.05) is 6.54 Å². The normalized spacial score (nSPS) is 10.8. The van der Waals surface area contributed by atoms with Gasteiger partial charge in [0.1, 0.15) is 11.6 Å². The smallest absolute Gasteiger partial charge is 0.212 e. The maximum atomic E-state index is 13.3. The van der Waals surface area contributed by atoms with Gasteiger partial charge in [0.25, 0.3) is 0 Å². The fourth-order valence-corrected chi connectivity index (χ4v) is 2.76. The Morgan fingerprint density at radius 2 is 1.82 bits per heavy atom. The molecule has 0 aromatic heterocycles. The number of hydrogen-bond acceptors (Lipinski definition) is 2. The highest BCUT2D eigenvalue weighted by atomic mass is 32.2. The second-order valence-corrected chi connectivity index (χ2v) is 6.30. The average Bonchev–Trinajstić information content (AvgIpc) is 2.45. The standard InChI is InChI=1S/C16H13F2NO2S/c17-15-8-3-5-13(11-15)12-22(20,21)19-10-4-7-14-6-1-2-9-16(14)18/h1-3,5-6,8-9,11,19H,10,12H2. The van der Waals surface area contributed by atoms with Gasteiger partial charge in [-0.2, -0.15) is 0 Å². The maximum Gasteiger partial charge on any atom is 0.216 e. The lowest BCUT2D eigenvalue weighted by atomic mass is 10.2. The maximum absolute atomic E-state index is 13.3. The molecule has 0 aliphatic heterocycles. The molecule has 3 nitrogen and oxygen atoms in total. The Balaban J connectivity index is 1.95. The lowest BCUT2D eigenvalue weighted by Gasteiger charge is -2.04. The zero-order chi connectivity index (χ0) is 16.0. The molecule has 0 heterocycles. The fourth-order valence-electron chi connectivity index (χ4n) is 1.75. The molecule has 0 atom stereocenters. The molecule has 0 aliphatic rings. The van der Waals surface area contributed by atoms with E-state index in [1.54, 1.807) is 12.1 Å². The Morgan fingerprint density at radius 3 is 2.55 bits per heavy atom. The molecule has 0 saturated carbocycles. The minimum absolute atomic E-state index is 0.147.